The van der Waals surface area contributed by atoms with Crippen LogP contribution < -0.4 is 0 Å². The highest BCUT2D eigenvalue weighted by Gasteiger charge is 2.53. The Kier molecular flexibility index (Phi) is 1.53. The Balaban J connectivity index is 2.46. The number of furan rings is 1. The van der Waals surface area contributed by atoms with Gasteiger partial charge in [-0.3, -0.25) is 4.79 Å². The van der Waals surface area contributed by atoms with E-state index in [9.17, 15) is 4.79 Å². The van der Waals surface area contributed by atoms with Crippen LogP contribution in [-0.2, 0) is 10.2 Å². The van der Waals surface area contributed by atoms with Crippen LogP contribution in [0.1, 0.15) is 29.9 Å². The van der Waals surface area contributed by atoms with Crippen molar-refractivity contribution >= 4 is 5.97 Å². The zero-order valence-electron chi connectivity index (χ0n) is 7.76. The van der Waals surface area contributed by atoms with Gasteiger partial charge in [0.2, 0.25) is 0 Å². The number of aryl methyl sites for hydroxylation is 2. The summed E-state index contributed by atoms with van der Waals surface area (Å²) >= 11 is 0. The van der Waals surface area contributed by atoms with E-state index in [1.807, 2.05) is 19.9 Å². The van der Waals surface area contributed by atoms with Crippen LogP contribution in [0.2, 0.25) is 0 Å². The van der Waals surface area contributed by atoms with Crippen LogP contribution in [0.15, 0.2) is 10.5 Å². The molecule has 0 unspecified atom stereocenters. The molecule has 1 aromatic rings. The summed E-state index contributed by atoms with van der Waals surface area (Å²) in [5, 5.41) is 9.05. The van der Waals surface area contributed by atoms with E-state index < -0.39 is 11.4 Å². The van der Waals surface area contributed by atoms with Gasteiger partial charge in [0.25, 0.3) is 0 Å². The van der Waals surface area contributed by atoms with E-state index in [2.05, 4.69) is 0 Å². The summed E-state index contributed by atoms with van der Waals surface area (Å²) in [5.41, 5.74) is 0.236. The predicted octanol–water partition coefficient (Wildman–Crippen LogP) is 2.01. The van der Waals surface area contributed by atoms with Crippen LogP contribution in [0.25, 0.3) is 0 Å². The Bertz CT molecular complexity index is 358. The first-order valence-corrected chi connectivity index (χ1v) is 4.37. The van der Waals surface area contributed by atoms with Gasteiger partial charge in [-0.2, -0.15) is 0 Å². The summed E-state index contributed by atoms with van der Waals surface area (Å²) in [7, 11) is 0. The minimum Gasteiger partial charge on any atom is -0.481 e. The molecule has 1 fully saturated rings. The molecular weight excluding hydrogens is 168 g/mol. The molecule has 0 aliphatic heterocycles. The fourth-order valence-corrected chi connectivity index (χ4v) is 1.83. The van der Waals surface area contributed by atoms with E-state index in [0.29, 0.717) is 0 Å². The third-order valence-corrected chi connectivity index (χ3v) is 2.72. The molecule has 1 aromatic heterocycles. The topological polar surface area (TPSA) is 50.4 Å². The molecule has 2 rings (SSSR count). The van der Waals surface area contributed by atoms with Crippen molar-refractivity contribution in [3.8, 4) is 0 Å². The highest BCUT2D eigenvalue weighted by atomic mass is 16.4. The Morgan fingerprint density at radius 1 is 1.54 bits per heavy atom. The quantitative estimate of drug-likeness (QED) is 0.757. The Morgan fingerprint density at radius 2 is 2.15 bits per heavy atom. The molecule has 1 aliphatic rings. The Hall–Kier alpha value is -1.25. The lowest BCUT2D eigenvalue weighted by molar-refractivity contribution is -0.140. The predicted molar refractivity (Wildman–Crippen MR) is 46.7 cm³/mol. The van der Waals surface area contributed by atoms with Crippen molar-refractivity contribution in [2.24, 2.45) is 0 Å². The number of carboxylic acids is 1. The van der Waals surface area contributed by atoms with Gasteiger partial charge in [-0.15, -0.1) is 0 Å². The van der Waals surface area contributed by atoms with Crippen molar-refractivity contribution in [2.45, 2.75) is 32.1 Å². The SMILES string of the molecule is Cc1cc(C2(C(=O)O)CC2)c(C)o1. The zero-order chi connectivity index (χ0) is 9.64. The number of hydrogen-bond acceptors (Lipinski definition) is 2. The minimum atomic E-state index is -0.726. The van der Waals surface area contributed by atoms with Crippen LogP contribution in [-0.4, -0.2) is 11.1 Å². The number of carboxylic acid groups (broad SMARTS) is 1. The van der Waals surface area contributed by atoms with E-state index in [1.54, 1.807) is 0 Å². The van der Waals surface area contributed by atoms with Crippen molar-refractivity contribution in [1.82, 2.24) is 0 Å². The molecule has 3 nitrogen and oxygen atoms in total. The Morgan fingerprint density at radius 3 is 2.46 bits per heavy atom. The van der Waals surface area contributed by atoms with Gasteiger partial charge in [0.1, 0.15) is 11.5 Å². The fraction of sp³-hybridized carbons (Fsp3) is 0.500. The molecule has 3 heteroatoms. The summed E-state index contributed by atoms with van der Waals surface area (Å²) < 4.78 is 5.33. The molecule has 1 aliphatic carbocycles. The largest absolute Gasteiger partial charge is 0.481 e. The van der Waals surface area contributed by atoms with Crippen LogP contribution in [0, 0.1) is 13.8 Å². The first kappa shape index (κ1) is 8.35. The van der Waals surface area contributed by atoms with E-state index in [1.165, 1.54) is 0 Å². The van der Waals surface area contributed by atoms with Crippen LogP contribution in [0.3, 0.4) is 0 Å². The maximum absolute atomic E-state index is 11.0. The molecule has 0 atom stereocenters. The van der Waals surface area contributed by atoms with Gasteiger partial charge in [-0.1, -0.05) is 0 Å². The first-order chi connectivity index (χ1) is 6.06. The zero-order valence-corrected chi connectivity index (χ0v) is 7.76. The number of rotatable bonds is 2. The number of carbonyl (C=O) groups is 1. The second kappa shape index (κ2) is 2.37. The summed E-state index contributed by atoms with van der Waals surface area (Å²) in [6.45, 7) is 3.67. The van der Waals surface area contributed by atoms with Crippen molar-refractivity contribution in [2.75, 3.05) is 0 Å². The molecule has 13 heavy (non-hydrogen) atoms. The second-order valence-electron chi connectivity index (χ2n) is 3.71. The fourth-order valence-electron chi connectivity index (χ4n) is 1.83. The molecule has 1 saturated carbocycles. The van der Waals surface area contributed by atoms with Gasteiger partial charge in [0.15, 0.2) is 0 Å². The normalized spacial score (nSPS) is 18.6. The second-order valence-corrected chi connectivity index (χ2v) is 3.71. The highest BCUT2D eigenvalue weighted by molar-refractivity contribution is 5.85. The Labute approximate surface area is 76.4 Å². The first-order valence-electron chi connectivity index (χ1n) is 4.37. The molecule has 0 spiro atoms. The number of hydrogen-bond donors (Lipinski definition) is 1. The molecule has 0 aromatic carbocycles. The smallest absolute Gasteiger partial charge is 0.314 e. The number of aliphatic carboxylic acids is 1. The van der Waals surface area contributed by atoms with Gasteiger partial charge >= 0.3 is 5.97 Å². The molecule has 0 radical (unpaired) electrons. The molecule has 1 heterocycles. The average Bonchev–Trinajstić information content (AvgIpc) is 2.75. The van der Waals surface area contributed by atoms with Crippen LogP contribution in [0.5, 0.6) is 0 Å². The molecule has 70 valence electrons. The molecule has 0 amide bonds. The lowest BCUT2D eigenvalue weighted by Crippen LogP contribution is -2.19. The summed E-state index contributed by atoms with van der Waals surface area (Å²) in [5.74, 6) is 0.814. The maximum Gasteiger partial charge on any atom is 0.314 e. The highest BCUT2D eigenvalue weighted by Crippen LogP contribution is 2.50. The van der Waals surface area contributed by atoms with E-state index in [0.717, 1.165) is 29.9 Å². The lowest BCUT2D eigenvalue weighted by atomic mass is 9.97. The molecular formula is C10H12O3. The monoisotopic (exact) mass is 180 g/mol. The van der Waals surface area contributed by atoms with Crippen molar-refractivity contribution in [3.05, 3.63) is 23.2 Å². The summed E-state index contributed by atoms with van der Waals surface area (Å²) in [6.07, 6.45) is 1.48. The van der Waals surface area contributed by atoms with Gasteiger partial charge in [-0.25, -0.2) is 0 Å². The maximum atomic E-state index is 11.0. The van der Waals surface area contributed by atoms with E-state index >= 15 is 0 Å². The molecule has 1 N–H and O–H groups in total. The van der Waals surface area contributed by atoms with Crippen LogP contribution in [0.4, 0.5) is 0 Å². The van der Waals surface area contributed by atoms with Gasteiger partial charge in [-0.05, 0) is 32.8 Å². The van der Waals surface area contributed by atoms with Gasteiger partial charge in [0.05, 0.1) is 5.41 Å². The van der Waals surface area contributed by atoms with Crippen molar-refractivity contribution < 1.29 is 14.3 Å². The summed E-state index contributed by atoms with van der Waals surface area (Å²) in [6, 6.07) is 1.84. The minimum absolute atomic E-state index is 0.623. The van der Waals surface area contributed by atoms with Crippen molar-refractivity contribution in [1.29, 1.82) is 0 Å². The molecule has 0 bridgehead atoms. The van der Waals surface area contributed by atoms with Crippen LogP contribution >= 0.6 is 0 Å². The van der Waals surface area contributed by atoms with E-state index in [4.69, 9.17) is 9.52 Å². The van der Waals surface area contributed by atoms with Gasteiger partial charge in [0, 0.05) is 5.56 Å². The average molecular weight is 180 g/mol. The third-order valence-electron chi connectivity index (χ3n) is 2.72. The lowest BCUT2D eigenvalue weighted by Gasteiger charge is -2.06. The van der Waals surface area contributed by atoms with Gasteiger partial charge < -0.3 is 9.52 Å². The standard InChI is InChI=1S/C10H12O3/c1-6-5-8(7(2)13-6)10(3-4-10)9(11)12/h5H,3-4H2,1-2H3,(H,11,12). The molecule has 0 saturated heterocycles. The van der Waals surface area contributed by atoms with E-state index in [-0.39, 0.29) is 0 Å². The van der Waals surface area contributed by atoms with Crippen molar-refractivity contribution in [3.63, 3.8) is 0 Å². The summed E-state index contributed by atoms with van der Waals surface area (Å²) in [4.78, 5) is 11.0. The third kappa shape index (κ3) is 1.07.